The van der Waals surface area contributed by atoms with E-state index in [0.29, 0.717) is 59.8 Å². The van der Waals surface area contributed by atoms with Gasteiger partial charge in [0.1, 0.15) is 31.0 Å². The second kappa shape index (κ2) is 13.3. The first-order chi connectivity index (χ1) is 24.2. The number of benzene rings is 2. The number of hydrogen-bond donors (Lipinski definition) is 3. The second-order valence-corrected chi connectivity index (χ2v) is 16.4. The molecule has 2 aromatic carbocycles. The van der Waals surface area contributed by atoms with Gasteiger partial charge in [0.2, 0.25) is 5.95 Å². The number of H-pyrrole nitrogens is 1. The van der Waals surface area contributed by atoms with Crippen LogP contribution in [0.1, 0.15) is 0 Å². The standard InChI is InChI=1S/C34H40F3N10O3P/c1-44-10-12-47(13-11-44)27-17-28(50-20-34(35,36)37)25(16-23(27)21-18-39-46(3)19-21)41-33-42-31-22(8-9-38-31)32(43-33)40-24-6-7-26-29(30(24)51(4,5)48)49-15-14-45(26)2/h6-9,16-19H,10-15,20H2,1-5H3,(H3,38,40,41,42,43). The molecule has 5 heterocycles. The van der Waals surface area contributed by atoms with Crippen LogP contribution in [0.3, 0.4) is 0 Å². The number of ether oxygens (including phenoxy) is 2. The van der Waals surface area contributed by atoms with Gasteiger partial charge in [-0.25, -0.2) is 0 Å². The molecule has 0 bridgehead atoms. The molecule has 0 saturated carbocycles. The Morgan fingerprint density at radius 1 is 0.980 bits per heavy atom. The van der Waals surface area contributed by atoms with E-state index in [0.717, 1.165) is 35.6 Å². The Morgan fingerprint density at radius 3 is 2.47 bits per heavy atom. The molecule has 3 aromatic heterocycles. The predicted octanol–water partition coefficient (Wildman–Crippen LogP) is 5.62. The van der Waals surface area contributed by atoms with Crippen LogP contribution in [-0.2, 0) is 11.6 Å². The molecule has 0 atom stereocenters. The molecular formula is C34H40F3N10O3P. The summed E-state index contributed by atoms with van der Waals surface area (Å²) in [6.07, 6.45) is 0.730. The van der Waals surface area contributed by atoms with Gasteiger partial charge in [0.25, 0.3) is 0 Å². The maximum atomic E-state index is 13.7. The van der Waals surface area contributed by atoms with E-state index in [1.807, 2.05) is 38.5 Å². The molecule has 51 heavy (non-hydrogen) atoms. The van der Waals surface area contributed by atoms with Gasteiger partial charge in [-0.3, -0.25) is 4.68 Å². The van der Waals surface area contributed by atoms with Gasteiger partial charge in [0, 0.05) is 75.5 Å². The van der Waals surface area contributed by atoms with Crippen LogP contribution in [-0.4, -0.2) is 109 Å². The Morgan fingerprint density at radius 2 is 1.76 bits per heavy atom. The van der Waals surface area contributed by atoms with E-state index >= 15 is 0 Å². The van der Waals surface area contributed by atoms with Crippen LogP contribution >= 0.6 is 7.14 Å². The van der Waals surface area contributed by atoms with Crippen LogP contribution in [0.25, 0.3) is 22.2 Å². The van der Waals surface area contributed by atoms with Crippen LogP contribution in [0.4, 0.5) is 47.7 Å². The Kier molecular flexibility index (Phi) is 9.00. The molecular weight excluding hydrogens is 684 g/mol. The number of fused-ring (bicyclic) bond motifs is 2. The van der Waals surface area contributed by atoms with E-state index in [1.165, 1.54) is 0 Å². The molecule has 0 spiro atoms. The molecule has 13 nitrogen and oxygen atoms in total. The van der Waals surface area contributed by atoms with Crippen molar-refractivity contribution in [2.24, 2.45) is 7.05 Å². The van der Waals surface area contributed by atoms with Crippen molar-refractivity contribution in [3.05, 3.63) is 48.9 Å². The van der Waals surface area contributed by atoms with Gasteiger partial charge in [0.05, 0.1) is 40.5 Å². The topological polar surface area (TPSA) is 129 Å². The number of anilines is 6. The zero-order valence-electron chi connectivity index (χ0n) is 29.0. The van der Waals surface area contributed by atoms with Crippen molar-refractivity contribution >= 4 is 58.0 Å². The normalized spacial score (nSPS) is 15.5. The summed E-state index contributed by atoms with van der Waals surface area (Å²) in [5, 5.41) is 12.1. The van der Waals surface area contributed by atoms with E-state index in [-0.39, 0.29) is 17.4 Å². The van der Waals surface area contributed by atoms with Gasteiger partial charge in [0.15, 0.2) is 12.4 Å². The average molecular weight is 725 g/mol. The lowest BCUT2D eigenvalue weighted by molar-refractivity contribution is -0.153. The largest absolute Gasteiger partial charge is 0.489 e. The number of likely N-dealkylation sites (N-methyl/N-ethyl adjacent to an activating group) is 2. The van der Waals surface area contributed by atoms with E-state index in [2.05, 4.69) is 40.4 Å². The minimum Gasteiger partial charge on any atom is -0.489 e. The van der Waals surface area contributed by atoms with Crippen molar-refractivity contribution in [1.29, 1.82) is 0 Å². The predicted molar refractivity (Wildman–Crippen MR) is 195 cm³/mol. The summed E-state index contributed by atoms with van der Waals surface area (Å²) in [7, 11) is 2.93. The third-order valence-electron chi connectivity index (χ3n) is 9.00. The number of nitrogens with one attached hydrogen (secondary N) is 3. The van der Waals surface area contributed by atoms with Gasteiger partial charge in [-0.05, 0) is 44.6 Å². The number of aromatic nitrogens is 5. The molecule has 2 aliphatic heterocycles. The molecule has 1 saturated heterocycles. The summed E-state index contributed by atoms with van der Waals surface area (Å²) < 4.78 is 67.5. The number of alkyl halides is 3. The van der Waals surface area contributed by atoms with Crippen LogP contribution in [0.15, 0.2) is 48.9 Å². The molecule has 0 aliphatic carbocycles. The summed E-state index contributed by atoms with van der Waals surface area (Å²) in [6.45, 7) is 6.03. The van der Waals surface area contributed by atoms with E-state index < -0.39 is 19.9 Å². The number of halogens is 3. The lowest BCUT2D eigenvalue weighted by Crippen LogP contribution is -2.44. The van der Waals surface area contributed by atoms with Crippen molar-refractivity contribution in [2.75, 3.05) is 93.8 Å². The third kappa shape index (κ3) is 7.29. The van der Waals surface area contributed by atoms with Crippen molar-refractivity contribution < 1.29 is 27.2 Å². The quantitative estimate of drug-likeness (QED) is 0.164. The van der Waals surface area contributed by atoms with Gasteiger partial charge in [-0.2, -0.15) is 28.2 Å². The molecule has 2 aliphatic rings. The van der Waals surface area contributed by atoms with Crippen LogP contribution in [0.5, 0.6) is 11.5 Å². The lowest BCUT2D eigenvalue weighted by atomic mass is 10.0. The fourth-order valence-corrected chi connectivity index (χ4v) is 7.81. The van der Waals surface area contributed by atoms with Gasteiger partial charge in [-0.1, -0.05) is 0 Å². The highest BCUT2D eigenvalue weighted by Crippen LogP contribution is 2.47. The summed E-state index contributed by atoms with van der Waals surface area (Å²) in [5.74, 6) is 1.05. The first kappa shape index (κ1) is 34.5. The second-order valence-electron chi connectivity index (χ2n) is 13.3. The summed E-state index contributed by atoms with van der Waals surface area (Å²) in [4.78, 5) is 19.0. The molecule has 1 fully saturated rings. The molecule has 7 rings (SSSR count). The Hall–Kier alpha value is -4.95. The van der Waals surface area contributed by atoms with Crippen molar-refractivity contribution in [3.63, 3.8) is 0 Å². The molecule has 0 unspecified atom stereocenters. The van der Waals surface area contributed by atoms with Crippen molar-refractivity contribution in [3.8, 4) is 22.6 Å². The number of nitrogens with zero attached hydrogens (tertiary/aromatic N) is 7. The first-order valence-electron chi connectivity index (χ1n) is 16.5. The number of aromatic amines is 1. The Balaban J connectivity index is 1.32. The number of aryl methyl sites for hydroxylation is 1. The number of piperazine rings is 1. The smallest absolute Gasteiger partial charge is 0.422 e. The zero-order valence-corrected chi connectivity index (χ0v) is 29.9. The minimum absolute atomic E-state index is 0.00488. The van der Waals surface area contributed by atoms with Crippen molar-refractivity contribution in [2.45, 2.75) is 6.18 Å². The molecule has 17 heteroatoms. The SMILES string of the molecule is CN1CCN(c2cc(OCC(F)(F)F)c(Nc3nc(Nc4ccc5c(c4P(C)(C)=O)OCCN5C)c4cc[nH]c4n3)cc2-c2cnn(C)c2)CC1. The van der Waals surface area contributed by atoms with Crippen molar-refractivity contribution in [1.82, 2.24) is 29.6 Å². The highest BCUT2D eigenvalue weighted by molar-refractivity contribution is 7.70. The van der Waals surface area contributed by atoms with Gasteiger partial charge < -0.3 is 44.4 Å². The maximum Gasteiger partial charge on any atom is 0.422 e. The average Bonchev–Trinajstić information content (AvgIpc) is 3.73. The number of rotatable bonds is 9. The van der Waals surface area contributed by atoms with Crippen LogP contribution in [0, 0.1) is 0 Å². The summed E-state index contributed by atoms with van der Waals surface area (Å²) >= 11 is 0. The molecule has 270 valence electrons. The first-order valence-corrected chi connectivity index (χ1v) is 19.1. The Labute approximate surface area is 293 Å². The minimum atomic E-state index is -4.56. The van der Waals surface area contributed by atoms with E-state index in [4.69, 9.17) is 14.5 Å². The molecule has 0 amide bonds. The van der Waals surface area contributed by atoms with Gasteiger partial charge >= 0.3 is 6.18 Å². The monoisotopic (exact) mass is 724 g/mol. The third-order valence-corrected chi connectivity index (χ3v) is 10.5. The lowest BCUT2D eigenvalue weighted by Gasteiger charge is -2.35. The highest BCUT2D eigenvalue weighted by atomic mass is 31.2. The highest BCUT2D eigenvalue weighted by Gasteiger charge is 2.31. The zero-order chi connectivity index (χ0) is 36.1. The molecule has 3 N–H and O–H groups in total. The van der Waals surface area contributed by atoms with E-state index in [9.17, 15) is 17.7 Å². The van der Waals surface area contributed by atoms with Crippen LogP contribution < -0.4 is 35.2 Å². The summed E-state index contributed by atoms with van der Waals surface area (Å²) in [6, 6.07) is 8.98. The maximum absolute atomic E-state index is 13.7. The Bertz CT molecular complexity index is 2120. The fraction of sp³-hybridized carbons (Fsp3) is 0.382. The fourth-order valence-electron chi connectivity index (χ4n) is 6.43. The molecule has 0 radical (unpaired) electrons. The number of hydrogen-bond acceptors (Lipinski definition) is 11. The van der Waals surface area contributed by atoms with Crippen LogP contribution in [0.2, 0.25) is 0 Å². The van der Waals surface area contributed by atoms with Gasteiger partial charge in [-0.15, -0.1) is 0 Å². The molecule has 5 aromatic rings. The summed E-state index contributed by atoms with van der Waals surface area (Å²) in [5.41, 5.74) is 4.41. The van der Waals surface area contributed by atoms with E-state index in [1.54, 1.807) is 49.6 Å².